The van der Waals surface area contributed by atoms with E-state index in [2.05, 4.69) is 41.3 Å². The minimum atomic E-state index is 0.0765. The van der Waals surface area contributed by atoms with Crippen LogP contribution < -0.4 is 4.90 Å². The van der Waals surface area contributed by atoms with E-state index in [1.165, 1.54) is 11.1 Å². The lowest BCUT2D eigenvalue weighted by Gasteiger charge is -2.39. The maximum atomic E-state index is 10.8. The van der Waals surface area contributed by atoms with Crippen molar-refractivity contribution in [1.29, 1.82) is 0 Å². The molecule has 0 amide bonds. The molecular formula is C16H15NO. The van der Waals surface area contributed by atoms with E-state index in [1.54, 1.807) is 0 Å². The van der Waals surface area contributed by atoms with Crippen LogP contribution in [-0.2, 0) is 4.79 Å². The molecule has 2 heteroatoms. The summed E-state index contributed by atoms with van der Waals surface area (Å²) < 4.78 is 0. The van der Waals surface area contributed by atoms with Crippen molar-refractivity contribution in [3.8, 4) is 11.1 Å². The van der Waals surface area contributed by atoms with Crippen LogP contribution in [-0.4, -0.2) is 18.9 Å². The van der Waals surface area contributed by atoms with Gasteiger partial charge in [0.2, 0.25) is 0 Å². The summed E-state index contributed by atoms with van der Waals surface area (Å²) in [6.07, 6.45) is 2.01. The molecule has 0 saturated carbocycles. The summed E-state index contributed by atoms with van der Waals surface area (Å²) in [4.78, 5) is 13.0. The smallest absolute Gasteiger partial charge is 0.142 e. The molecule has 0 aromatic heterocycles. The van der Waals surface area contributed by atoms with Gasteiger partial charge in [-0.15, -0.1) is 0 Å². The molecule has 0 radical (unpaired) electrons. The Balaban J connectivity index is 1.83. The largest absolute Gasteiger partial charge is 0.362 e. The van der Waals surface area contributed by atoms with Crippen molar-refractivity contribution in [2.45, 2.75) is 12.5 Å². The van der Waals surface area contributed by atoms with Crippen LogP contribution in [0.1, 0.15) is 6.42 Å². The third kappa shape index (κ3) is 1.90. The van der Waals surface area contributed by atoms with Gasteiger partial charge in [-0.25, -0.2) is 0 Å². The lowest BCUT2D eigenvalue weighted by molar-refractivity contribution is -0.109. The first-order valence-electron chi connectivity index (χ1n) is 6.26. The standard InChI is InChI=1S/C16H15NO/c18-12-16-10-11-17(16)15-8-6-14(7-9-15)13-4-2-1-3-5-13/h1-9,12,16H,10-11H2. The average molecular weight is 237 g/mol. The zero-order chi connectivity index (χ0) is 12.4. The first kappa shape index (κ1) is 11.0. The Bertz CT molecular complexity index is 533. The molecule has 18 heavy (non-hydrogen) atoms. The zero-order valence-electron chi connectivity index (χ0n) is 10.1. The molecule has 1 fully saturated rings. The lowest BCUT2D eigenvalue weighted by atomic mass is 10.0. The van der Waals surface area contributed by atoms with Gasteiger partial charge in [0.15, 0.2) is 0 Å². The highest BCUT2D eigenvalue weighted by atomic mass is 16.1. The molecular weight excluding hydrogens is 222 g/mol. The molecule has 2 aromatic rings. The molecule has 0 aliphatic carbocycles. The van der Waals surface area contributed by atoms with Crippen LogP contribution in [0.4, 0.5) is 5.69 Å². The van der Waals surface area contributed by atoms with Gasteiger partial charge < -0.3 is 9.69 Å². The van der Waals surface area contributed by atoms with Crippen molar-refractivity contribution in [1.82, 2.24) is 0 Å². The second-order valence-corrected chi connectivity index (χ2v) is 4.60. The van der Waals surface area contributed by atoms with Crippen LogP contribution in [0.25, 0.3) is 11.1 Å². The normalized spacial score (nSPS) is 18.2. The number of carbonyl (C=O) groups excluding carboxylic acids is 1. The topological polar surface area (TPSA) is 20.3 Å². The minimum absolute atomic E-state index is 0.0765. The van der Waals surface area contributed by atoms with Crippen molar-refractivity contribution in [2.75, 3.05) is 11.4 Å². The third-order valence-corrected chi connectivity index (χ3v) is 3.53. The summed E-state index contributed by atoms with van der Waals surface area (Å²) in [5, 5.41) is 0. The molecule has 1 saturated heterocycles. The van der Waals surface area contributed by atoms with Crippen LogP contribution >= 0.6 is 0 Å². The lowest BCUT2D eigenvalue weighted by Crippen LogP contribution is -2.48. The van der Waals surface area contributed by atoms with Gasteiger partial charge in [0.05, 0.1) is 6.04 Å². The summed E-state index contributed by atoms with van der Waals surface area (Å²) in [6, 6.07) is 18.8. The highest BCUT2D eigenvalue weighted by Crippen LogP contribution is 2.28. The Morgan fingerprint density at radius 3 is 2.17 bits per heavy atom. The second kappa shape index (κ2) is 4.65. The molecule has 0 bridgehead atoms. The highest BCUT2D eigenvalue weighted by Gasteiger charge is 2.27. The van der Waals surface area contributed by atoms with Crippen molar-refractivity contribution in [3.05, 3.63) is 54.6 Å². The predicted octanol–water partition coefficient (Wildman–Crippen LogP) is 3.13. The molecule has 1 atom stereocenters. The molecule has 1 aliphatic rings. The number of carbonyl (C=O) groups is 1. The molecule has 1 unspecified atom stereocenters. The fraction of sp³-hybridized carbons (Fsp3) is 0.188. The SMILES string of the molecule is O=CC1CCN1c1ccc(-c2ccccc2)cc1. The van der Waals surface area contributed by atoms with Gasteiger partial charge in [-0.05, 0) is 29.7 Å². The molecule has 1 heterocycles. The predicted molar refractivity (Wildman–Crippen MR) is 73.7 cm³/mol. The van der Waals surface area contributed by atoms with E-state index in [0.29, 0.717) is 0 Å². The van der Waals surface area contributed by atoms with E-state index < -0.39 is 0 Å². The number of anilines is 1. The van der Waals surface area contributed by atoms with Gasteiger partial charge >= 0.3 is 0 Å². The summed E-state index contributed by atoms with van der Waals surface area (Å²) in [6.45, 7) is 0.980. The van der Waals surface area contributed by atoms with Crippen LogP contribution in [0.3, 0.4) is 0 Å². The Hall–Kier alpha value is -2.09. The molecule has 3 rings (SSSR count). The summed E-state index contributed by atoms with van der Waals surface area (Å²) >= 11 is 0. The molecule has 0 N–H and O–H groups in total. The van der Waals surface area contributed by atoms with Crippen LogP contribution in [0, 0.1) is 0 Å². The molecule has 0 spiro atoms. The van der Waals surface area contributed by atoms with Crippen molar-refractivity contribution in [2.24, 2.45) is 0 Å². The van der Waals surface area contributed by atoms with Gasteiger partial charge in [0.1, 0.15) is 6.29 Å². The minimum Gasteiger partial charge on any atom is -0.362 e. The van der Waals surface area contributed by atoms with Crippen molar-refractivity contribution in [3.63, 3.8) is 0 Å². The van der Waals surface area contributed by atoms with E-state index in [1.807, 2.05) is 18.2 Å². The second-order valence-electron chi connectivity index (χ2n) is 4.60. The first-order chi connectivity index (χ1) is 8.88. The van der Waals surface area contributed by atoms with E-state index in [4.69, 9.17) is 0 Å². The molecule has 1 aliphatic heterocycles. The maximum Gasteiger partial charge on any atom is 0.142 e. The Kier molecular flexibility index (Phi) is 2.85. The number of hydrogen-bond acceptors (Lipinski definition) is 2. The van der Waals surface area contributed by atoms with Crippen molar-refractivity contribution >= 4 is 12.0 Å². The maximum absolute atomic E-state index is 10.8. The number of hydrogen-bond donors (Lipinski definition) is 0. The fourth-order valence-electron chi connectivity index (χ4n) is 2.35. The fourth-order valence-corrected chi connectivity index (χ4v) is 2.35. The molecule has 90 valence electrons. The average Bonchev–Trinajstić information content (AvgIpc) is 2.40. The summed E-state index contributed by atoms with van der Waals surface area (Å²) in [7, 11) is 0. The Morgan fingerprint density at radius 1 is 0.944 bits per heavy atom. The number of rotatable bonds is 3. The van der Waals surface area contributed by atoms with Gasteiger partial charge in [0, 0.05) is 12.2 Å². The zero-order valence-corrected chi connectivity index (χ0v) is 10.1. The van der Waals surface area contributed by atoms with Gasteiger partial charge in [0.25, 0.3) is 0 Å². The third-order valence-electron chi connectivity index (χ3n) is 3.53. The first-order valence-corrected chi connectivity index (χ1v) is 6.26. The van der Waals surface area contributed by atoms with Crippen LogP contribution in [0.15, 0.2) is 54.6 Å². The summed E-state index contributed by atoms with van der Waals surface area (Å²) in [5.74, 6) is 0. The Morgan fingerprint density at radius 2 is 1.61 bits per heavy atom. The van der Waals surface area contributed by atoms with Crippen LogP contribution in [0.5, 0.6) is 0 Å². The van der Waals surface area contributed by atoms with Crippen molar-refractivity contribution < 1.29 is 4.79 Å². The van der Waals surface area contributed by atoms with Gasteiger partial charge in [-0.3, -0.25) is 0 Å². The highest BCUT2D eigenvalue weighted by molar-refractivity contribution is 5.71. The number of nitrogens with zero attached hydrogens (tertiary/aromatic N) is 1. The number of benzene rings is 2. The monoisotopic (exact) mass is 237 g/mol. The van der Waals surface area contributed by atoms with Crippen LogP contribution in [0.2, 0.25) is 0 Å². The summed E-state index contributed by atoms with van der Waals surface area (Å²) in [5.41, 5.74) is 3.57. The van der Waals surface area contributed by atoms with Gasteiger partial charge in [-0.1, -0.05) is 42.5 Å². The molecule has 2 nitrogen and oxygen atoms in total. The van der Waals surface area contributed by atoms with E-state index in [0.717, 1.165) is 24.9 Å². The van der Waals surface area contributed by atoms with E-state index >= 15 is 0 Å². The molecule has 2 aromatic carbocycles. The Labute approximate surface area is 107 Å². The quantitative estimate of drug-likeness (QED) is 0.764. The van der Waals surface area contributed by atoms with E-state index in [9.17, 15) is 4.79 Å². The van der Waals surface area contributed by atoms with E-state index in [-0.39, 0.29) is 6.04 Å². The van der Waals surface area contributed by atoms with Gasteiger partial charge in [-0.2, -0.15) is 0 Å². The number of aldehydes is 1.